The fraction of sp³-hybridized carbons (Fsp3) is 0.350. The number of hydrogen-bond acceptors (Lipinski definition) is 4. The second-order valence-corrected chi connectivity index (χ2v) is 6.58. The van der Waals surface area contributed by atoms with Gasteiger partial charge < -0.3 is 14.5 Å². The minimum absolute atomic E-state index is 0.0575. The summed E-state index contributed by atoms with van der Waals surface area (Å²) in [5.41, 5.74) is 3.31. The Bertz CT molecular complexity index is 831. The molecule has 26 heavy (non-hydrogen) atoms. The first-order valence-corrected chi connectivity index (χ1v) is 8.91. The molecule has 3 heterocycles. The van der Waals surface area contributed by atoms with Gasteiger partial charge >= 0.3 is 0 Å². The molecule has 1 fully saturated rings. The number of rotatable bonds is 2. The highest BCUT2D eigenvalue weighted by molar-refractivity contribution is 5.98. The molecule has 0 bridgehead atoms. The van der Waals surface area contributed by atoms with Gasteiger partial charge in [0.25, 0.3) is 11.8 Å². The summed E-state index contributed by atoms with van der Waals surface area (Å²) in [7, 11) is 0. The standard InChI is InChI=1S/C20H21N3O3/c24-19(23-8-6-15-3-1-2-4-17(15)14-23)16-5-7-21-18(13-16)20(25)22-9-11-26-12-10-22/h1-5,7,13H,6,8-12,14H2. The van der Waals surface area contributed by atoms with Gasteiger partial charge in [-0.3, -0.25) is 14.6 Å². The third kappa shape index (κ3) is 3.32. The second kappa shape index (κ2) is 7.25. The zero-order chi connectivity index (χ0) is 17.9. The van der Waals surface area contributed by atoms with Crippen LogP contribution in [0.25, 0.3) is 0 Å². The maximum absolute atomic E-state index is 12.9. The number of nitrogens with zero attached hydrogens (tertiary/aromatic N) is 3. The minimum Gasteiger partial charge on any atom is -0.378 e. The number of carbonyl (C=O) groups excluding carboxylic acids is 2. The Morgan fingerprint density at radius 2 is 1.69 bits per heavy atom. The molecule has 0 radical (unpaired) electrons. The molecular weight excluding hydrogens is 330 g/mol. The van der Waals surface area contributed by atoms with Gasteiger partial charge in [-0.1, -0.05) is 24.3 Å². The van der Waals surface area contributed by atoms with Gasteiger partial charge in [0.1, 0.15) is 5.69 Å². The molecule has 0 spiro atoms. The molecule has 2 aromatic rings. The van der Waals surface area contributed by atoms with Crippen molar-refractivity contribution in [1.29, 1.82) is 0 Å². The van der Waals surface area contributed by atoms with Crippen LogP contribution in [-0.4, -0.2) is 59.4 Å². The van der Waals surface area contributed by atoms with Crippen molar-refractivity contribution in [3.63, 3.8) is 0 Å². The number of fused-ring (bicyclic) bond motifs is 1. The van der Waals surface area contributed by atoms with Crippen molar-refractivity contribution in [3.8, 4) is 0 Å². The van der Waals surface area contributed by atoms with E-state index in [0.717, 1.165) is 6.42 Å². The smallest absolute Gasteiger partial charge is 0.272 e. The molecule has 134 valence electrons. The third-order valence-electron chi connectivity index (χ3n) is 4.94. The lowest BCUT2D eigenvalue weighted by molar-refractivity contribution is 0.0299. The first-order valence-electron chi connectivity index (χ1n) is 8.91. The number of carbonyl (C=O) groups is 2. The van der Waals surface area contributed by atoms with E-state index < -0.39 is 0 Å². The van der Waals surface area contributed by atoms with E-state index in [-0.39, 0.29) is 11.8 Å². The van der Waals surface area contributed by atoms with Crippen molar-refractivity contribution in [2.45, 2.75) is 13.0 Å². The average Bonchev–Trinajstić information content (AvgIpc) is 2.73. The average molecular weight is 351 g/mol. The first kappa shape index (κ1) is 16.7. The van der Waals surface area contributed by atoms with E-state index in [1.807, 2.05) is 17.0 Å². The van der Waals surface area contributed by atoms with E-state index in [1.54, 1.807) is 23.2 Å². The largest absolute Gasteiger partial charge is 0.378 e. The Morgan fingerprint density at radius 1 is 0.923 bits per heavy atom. The van der Waals surface area contributed by atoms with Crippen LogP contribution in [0.1, 0.15) is 32.0 Å². The molecule has 0 atom stereocenters. The topological polar surface area (TPSA) is 62.7 Å². The fourth-order valence-corrected chi connectivity index (χ4v) is 3.46. The molecule has 2 aliphatic heterocycles. The molecular formula is C20H21N3O3. The van der Waals surface area contributed by atoms with E-state index in [9.17, 15) is 9.59 Å². The number of benzene rings is 1. The molecule has 2 amide bonds. The molecule has 2 aliphatic rings. The van der Waals surface area contributed by atoms with E-state index in [4.69, 9.17) is 4.74 Å². The highest BCUT2D eigenvalue weighted by atomic mass is 16.5. The molecule has 6 nitrogen and oxygen atoms in total. The normalized spacial score (nSPS) is 16.9. The van der Waals surface area contributed by atoms with Crippen LogP contribution in [0, 0.1) is 0 Å². The zero-order valence-electron chi connectivity index (χ0n) is 14.6. The first-order chi connectivity index (χ1) is 12.7. The van der Waals surface area contributed by atoms with Crippen LogP contribution in [0.4, 0.5) is 0 Å². The number of amides is 2. The fourth-order valence-electron chi connectivity index (χ4n) is 3.46. The highest BCUT2D eigenvalue weighted by Gasteiger charge is 2.24. The molecule has 0 saturated carbocycles. The summed E-state index contributed by atoms with van der Waals surface area (Å²) < 4.78 is 5.28. The number of hydrogen-bond donors (Lipinski definition) is 0. The van der Waals surface area contributed by atoms with E-state index in [1.165, 1.54) is 11.1 Å². The van der Waals surface area contributed by atoms with Crippen LogP contribution >= 0.6 is 0 Å². The number of pyridine rings is 1. The quantitative estimate of drug-likeness (QED) is 0.827. The highest BCUT2D eigenvalue weighted by Crippen LogP contribution is 2.20. The number of morpholine rings is 1. The number of ether oxygens (including phenoxy) is 1. The summed E-state index contributed by atoms with van der Waals surface area (Å²) in [5, 5.41) is 0. The van der Waals surface area contributed by atoms with Crippen LogP contribution in [0.5, 0.6) is 0 Å². The summed E-state index contributed by atoms with van der Waals surface area (Å²) in [6.45, 7) is 3.48. The Balaban J connectivity index is 1.51. The molecule has 4 rings (SSSR count). The van der Waals surface area contributed by atoms with Gasteiger partial charge in [0, 0.05) is 37.9 Å². The Morgan fingerprint density at radius 3 is 2.50 bits per heavy atom. The van der Waals surface area contributed by atoms with Crippen molar-refractivity contribution in [2.24, 2.45) is 0 Å². The zero-order valence-corrected chi connectivity index (χ0v) is 14.6. The molecule has 1 aromatic heterocycles. The molecule has 1 aromatic carbocycles. The summed E-state index contributed by atoms with van der Waals surface area (Å²) in [6.07, 6.45) is 2.39. The van der Waals surface area contributed by atoms with Gasteiger partial charge in [0.2, 0.25) is 0 Å². The lowest BCUT2D eigenvalue weighted by Gasteiger charge is -2.29. The summed E-state index contributed by atoms with van der Waals surface area (Å²) in [6, 6.07) is 11.5. The van der Waals surface area contributed by atoms with Crippen LogP contribution in [0.15, 0.2) is 42.6 Å². The Hall–Kier alpha value is -2.73. The SMILES string of the molecule is O=C(c1ccnc(C(=O)N2CCOCC2)c1)N1CCc2ccccc2C1. The van der Waals surface area contributed by atoms with Crippen LogP contribution in [0.3, 0.4) is 0 Å². The second-order valence-electron chi connectivity index (χ2n) is 6.58. The van der Waals surface area contributed by atoms with Gasteiger partial charge in [0.05, 0.1) is 13.2 Å². The van der Waals surface area contributed by atoms with Crippen molar-refractivity contribution in [3.05, 3.63) is 65.0 Å². The van der Waals surface area contributed by atoms with Gasteiger partial charge in [-0.2, -0.15) is 0 Å². The van der Waals surface area contributed by atoms with E-state index in [2.05, 4.69) is 17.1 Å². The summed E-state index contributed by atoms with van der Waals surface area (Å²) >= 11 is 0. The van der Waals surface area contributed by atoms with Crippen LogP contribution in [-0.2, 0) is 17.7 Å². The number of aromatic nitrogens is 1. The van der Waals surface area contributed by atoms with E-state index in [0.29, 0.717) is 50.7 Å². The maximum Gasteiger partial charge on any atom is 0.272 e. The van der Waals surface area contributed by atoms with Gasteiger partial charge in [-0.25, -0.2) is 0 Å². The van der Waals surface area contributed by atoms with Crippen molar-refractivity contribution < 1.29 is 14.3 Å². The van der Waals surface area contributed by atoms with Gasteiger partial charge in [-0.15, -0.1) is 0 Å². The monoisotopic (exact) mass is 351 g/mol. The van der Waals surface area contributed by atoms with Crippen molar-refractivity contribution in [1.82, 2.24) is 14.8 Å². The third-order valence-corrected chi connectivity index (χ3v) is 4.94. The molecule has 0 unspecified atom stereocenters. The van der Waals surface area contributed by atoms with Crippen LogP contribution < -0.4 is 0 Å². The lowest BCUT2D eigenvalue weighted by Crippen LogP contribution is -2.41. The molecule has 1 saturated heterocycles. The minimum atomic E-state index is -0.146. The predicted molar refractivity (Wildman–Crippen MR) is 95.8 cm³/mol. The van der Waals surface area contributed by atoms with E-state index >= 15 is 0 Å². The summed E-state index contributed by atoms with van der Waals surface area (Å²) in [5.74, 6) is -0.204. The lowest BCUT2D eigenvalue weighted by atomic mass is 9.99. The summed E-state index contributed by atoms with van der Waals surface area (Å²) in [4.78, 5) is 33.2. The van der Waals surface area contributed by atoms with Crippen molar-refractivity contribution in [2.75, 3.05) is 32.8 Å². The van der Waals surface area contributed by atoms with Crippen molar-refractivity contribution >= 4 is 11.8 Å². The molecule has 0 aliphatic carbocycles. The van der Waals surface area contributed by atoms with Crippen LogP contribution in [0.2, 0.25) is 0 Å². The Labute approximate surface area is 152 Å². The molecule has 0 N–H and O–H groups in total. The maximum atomic E-state index is 12.9. The van der Waals surface area contributed by atoms with Gasteiger partial charge in [-0.05, 0) is 29.7 Å². The Kier molecular flexibility index (Phi) is 4.67. The predicted octanol–water partition coefficient (Wildman–Crippen LogP) is 1.75. The molecule has 6 heteroatoms. The van der Waals surface area contributed by atoms with Gasteiger partial charge in [0.15, 0.2) is 0 Å².